The molecule has 12 rings (SSSR count). The number of methoxy groups -OCH3 is 8. The molecular weight excluding hydrogens is 1520 g/mol. The second kappa shape index (κ2) is 43.9. The van der Waals surface area contributed by atoms with Gasteiger partial charge in [0.15, 0.2) is 46.0 Å². The van der Waals surface area contributed by atoms with Crippen molar-refractivity contribution in [3.63, 3.8) is 0 Å². The SMILES string of the molecule is [2H]c1c(OC)c(OC([2H])([2H])[2H])c([2H])c2c1C1([2H])CC(OC(=O)[C@@]([2H])(N)C([2H])(C([2H])([2H])[2H])C([2H])([2H])[2H])C(CC(C)C)CN1C([2H])([2H])C2([2H])[2H].[2H]c1c(OC)c(OC([2H])([2H])[2H])c([2H])c2c1C1([2H])CC(OC(=O)[C@@]([2H])(N)C([2H])(C([2H])([2H])[2H])C([2H])([2H])[2H])C(CC(C)C)CN1C([2H])([2H])C2([2H])[2H].[2H]c1c(OC)c(OC)c([2H])c2c1C1([2H])CC(OC(=O)[C@@]([2H])(N)C([2H])(C([2H])([2H])[2H])C([2H])([2H])[2H])C(CC(C)C)CN1C([2H])([2H])C2([2H])[2H].[2H]c1c(OC)c(OC)c([2H])c2c1C1([2H])CC(OC(=O)[C@@]([2H])(N)C([2H])(C([2H])([2H])[2H])C([2H])([2H])[2H])C(CC(C)C)CN1C([2H])([2H])C2([2H])[2H]. The molecule has 8 aliphatic heterocycles. The van der Waals surface area contributed by atoms with Crippen LogP contribution >= 0.6 is 0 Å². The van der Waals surface area contributed by atoms with E-state index in [9.17, 15) is 24.7 Å². The predicted octanol–water partition coefficient (Wildman–Crippen LogP) is 14.3. The Morgan fingerprint density at radius 1 is 0.358 bits per heavy atom. The first-order valence-corrected chi connectivity index (χ1v) is 38.2. The summed E-state index contributed by atoms with van der Waals surface area (Å²) in [6, 6.07) is -31.0. The fourth-order valence-corrected chi connectivity index (χ4v) is 14.8. The van der Waals surface area contributed by atoms with E-state index in [0.717, 1.165) is 62.3 Å². The van der Waals surface area contributed by atoms with E-state index in [4.69, 9.17) is 165 Å². The van der Waals surface area contributed by atoms with Gasteiger partial charge in [-0.3, -0.25) is 38.8 Å². The summed E-state index contributed by atoms with van der Waals surface area (Å²) in [5, 5.41) is 0. The van der Waals surface area contributed by atoms with Crippen LogP contribution in [0.25, 0.3) is 0 Å². The third-order valence-corrected chi connectivity index (χ3v) is 20.3. The summed E-state index contributed by atoms with van der Waals surface area (Å²) in [6.45, 7) is -30.4. The van der Waals surface area contributed by atoms with Crippen molar-refractivity contribution in [2.75, 3.05) is 109 Å². The lowest BCUT2D eigenvalue weighted by Gasteiger charge is -2.47. The minimum atomic E-state index is -3.90. The Morgan fingerprint density at radius 2 is 0.550 bits per heavy atom. The molecule has 4 aromatic rings. The van der Waals surface area contributed by atoms with E-state index in [2.05, 4.69) is 0 Å². The molecule has 0 bridgehead atoms. The molecule has 16 atom stereocenters. The highest BCUT2D eigenvalue weighted by Crippen LogP contribution is 2.50. The van der Waals surface area contributed by atoms with Gasteiger partial charge < -0.3 is 79.8 Å². The molecule has 0 amide bonds. The Labute approximate surface area is 811 Å². The lowest BCUT2D eigenvalue weighted by Crippen LogP contribution is -2.51. The molecule has 8 heterocycles. The van der Waals surface area contributed by atoms with Crippen molar-refractivity contribution in [2.24, 2.45) is 93.9 Å². The summed E-state index contributed by atoms with van der Waals surface area (Å²) in [5.41, 5.74) is 17.6. The standard InChI is InChI=1S/4C24H38N2O4/c4*1-14(2)9-17-13-26-8-7-16-10-21(28-5)22(29-6)11-18(16)19(26)12-20(17)30-24(27)23(25)15(3)4/h4*10-11,14-15,17,19-20,23H,7-9,12-13,25H2,1-6H3/t4*17?,19?,20?,23-/m0000/s1/i2*3D3,4D3,5D3,7D2,8D2,10D,11D,15D,19D,23D;2*3D3,4D3,7D2,8D2,10D,11D,15D,19D,23D. The molecule has 0 aromatic heterocycles. The molecule has 0 saturated carbocycles. The van der Waals surface area contributed by atoms with Gasteiger partial charge in [-0.15, -0.1) is 0 Å². The van der Waals surface area contributed by atoms with E-state index in [0.29, 0.717) is 0 Å². The van der Waals surface area contributed by atoms with Crippen LogP contribution in [-0.2, 0) is 63.6 Å². The minimum Gasteiger partial charge on any atom is -0.493 e. The second-order valence-electron chi connectivity index (χ2n) is 30.5. The number of hydrogen-bond donors (Lipinski definition) is 4. The average molecular weight is 1740 g/mol. The molecule has 0 aliphatic carbocycles. The third-order valence-electron chi connectivity index (χ3n) is 20.3. The van der Waals surface area contributed by atoms with Crippen LogP contribution in [0.2, 0.25) is 0 Å². The quantitative estimate of drug-likeness (QED) is 0.0303. The van der Waals surface area contributed by atoms with Crippen molar-refractivity contribution in [3.05, 3.63) is 92.8 Å². The Balaban J connectivity index is 0.000000270. The van der Waals surface area contributed by atoms with Crippen molar-refractivity contribution < 1.29 is 166 Å². The van der Waals surface area contributed by atoms with Crippen molar-refractivity contribution in [1.29, 1.82) is 0 Å². The molecule has 4 saturated heterocycles. The van der Waals surface area contributed by atoms with Crippen molar-refractivity contribution in [3.8, 4) is 46.0 Å². The highest BCUT2D eigenvalue weighted by Gasteiger charge is 2.47. The Morgan fingerprint density at radius 3 is 0.725 bits per heavy atom. The van der Waals surface area contributed by atoms with E-state index in [-0.39, 0.29) is 72.4 Å². The maximum Gasteiger partial charge on any atom is 0.323 e. The van der Waals surface area contributed by atoms with Gasteiger partial charge in [-0.1, -0.05) is 110 Å². The maximum absolute atomic E-state index is 13.5. The monoisotopic (exact) mass is 1740 g/mol. The molecular formula is C96H152N8O16. The number of esters is 4. The number of carbonyl (C=O) groups is 4. The number of fused-ring (bicyclic) bond motifs is 12. The zero-order valence-corrected chi connectivity index (χ0v) is 69.0. The Bertz CT molecular complexity index is 6690. The van der Waals surface area contributed by atoms with Gasteiger partial charge in [0, 0.05) is 186 Å². The van der Waals surface area contributed by atoms with Crippen LogP contribution in [0.1, 0.15) is 321 Å². The number of ether oxygens (including phenoxy) is 12. The smallest absolute Gasteiger partial charge is 0.323 e. The third kappa shape index (κ3) is 23.8. The van der Waals surface area contributed by atoms with Crippen LogP contribution in [0.15, 0.2) is 48.3 Å². The van der Waals surface area contributed by atoms with Gasteiger partial charge in [-0.2, -0.15) is 0 Å². The first-order valence-electron chi connectivity index (χ1n) is 71.2. The molecule has 672 valence electrons. The molecule has 0 spiro atoms. The van der Waals surface area contributed by atoms with Crippen molar-refractivity contribution in [2.45, 2.75) is 260 Å². The van der Waals surface area contributed by atoms with Crippen LogP contribution in [0.4, 0.5) is 0 Å². The van der Waals surface area contributed by atoms with Gasteiger partial charge in [-0.25, -0.2) is 0 Å². The number of benzene rings is 4. The van der Waals surface area contributed by atoms with Crippen LogP contribution in [0, 0.1) is 70.9 Å². The molecule has 24 nitrogen and oxygen atoms in total. The highest BCUT2D eigenvalue weighted by molar-refractivity contribution is 5.77. The average Bonchev–Trinajstić information content (AvgIpc) is 0.679. The van der Waals surface area contributed by atoms with Gasteiger partial charge in [0.05, 0.1) is 86.9 Å². The van der Waals surface area contributed by atoms with E-state index in [1.54, 1.807) is 55.4 Å². The largest absolute Gasteiger partial charge is 0.493 e. The summed E-state index contributed by atoms with van der Waals surface area (Å²) >= 11 is 0. The lowest BCUT2D eigenvalue weighted by atomic mass is 9.79. The van der Waals surface area contributed by atoms with Gasteiger partial charge in [0.1, 0.15) is 48.5 Å². The summed E-state index contributed by atoms with van der Waals surface area (Å²) in [4.78, 5) is 57.3. The summed E-state index contributed by atoms with van der Waals surface area (Å²) in [6.07, 6.45) is -20.8. The van der Waals surface area contributed by atoms with Gasteiger partial charge >= 0.3 is 23.9 Å². The highest BCUT2D eigenvalue weighted by atomic mass is 16.6. The zero-order chi connectivity index (χ0) is 145. The zero-order valence-electron chi connectivity index (χ0n) is 135. The molecule has 8 N–H and O–H groups in total. The molecule has 0 radical (unpaired) electrons. The van der Waals surface area contributed by atoms with E-state index in [1.165, 1.54) is 0 Å². The van der Waals surface area contributed by atoms with Crippen LogP contribution < -0.4 is 60.8 Å². The van der Waals surface area contributed by atoms with Gasteiger partial charge in [0.25, 0.3) is 0 Å². The topological polar surface area (TPSA) is 296 Å². The fourth-order valence-electron chi connectivity index (χ4n) is 14.8. The Hall–Kier alpha value is -7.16. The van der Waals surface area contributed by atoms with E-state index >= 15 is 0 Å². The first-order chi connectivity index (χ1) is 82.7. The van der Waals surface area contributed by atoms with Crippen LogP contribution in [0.5, 0.6) is 46.0 Å². The van der Waals surface area contributed by atoms with E-state index in [1.807, 2.05) is 0 Å². The number of rotatable bonds is 28. The maximum atomic E-state index is 13.5. The molecule has 4 aromatic carbocycles. The molecule has 120 heavy (non-hydrogen) atoms. The molecule has 12 unspecified atom stereocenters. The fraction of sp³-hybridized carbons (Fsp3) is 0.708. The molecule has 24 heteroatoms. The first kappa shape index (κ1) is 40.4. The number of nitrogens with zero attached hydrogens (tertiary/aromatic N) is 4. The summed E-state index contributed by atoms with van der Waals surface area (Å²) < 4.78 is 609. The normalized spacial score (nSPS) is 41.2. The summed E-state index contributed by atoms with van der Waals surface area (Å²) in [5.74, 6) is -32.1. The second-order valence-corrected chi connectivity index (χ2v) is 30.5. The van der Waals surface area contributed by atoms with E-state index < -0.39 is 432 Å². The number of carbonyl (C=O) groups excluding carboxylic acids is 4. The van der Waals surface area contributed by atoms with Crippen molar-refractivity contribution >= 4 is 23.9 Å². The van der Waals surface area contributed by atoms with Gasteiger partial charge in [-0.05, 0) is 191 Å². The van der Waals surface area contributed by atoms with Crippen LogP contribution in [-0.4, -0.2) is 201 Å². The number of hydrogen-bond acceptors (Lipinski definition) is 24. The number of piperidine rings is 4. The van der Waals surface area contributed by atoms with Gasteiger partial charge in [0.2, 0.25) is 0 Å². The van der Waals surface area contributed by atoms with Crippen molar-refractivity contribution in [1.82, 2.24) is 19.6 Å². The predicted molar refractivity (Wildman–Crippen MR) is 471 cm³/mol. The number of nitrogens with two attached hydrogens (primary N) is 4. The van der Waals surface area contributed by atoms with Crippen LogP contribution in [0.3, 0.4) is 0 Å². The summed E-state index contributed by atoms with van der Waals surface area (Å²) in [7, 11) is 0.181. The molecule has 4 fully saturated rings. The Kier molecular flexibility index (Phi) is 14.8. The lowest BCUT2D eigenvalue weighted by molar-refractivity contribution is -0.161. The molecule has 8 aliphatic rings. The minimum absolute atomic E-state index is 0.114.